The first kappa shape index (κ1) is 20.7. The molecule has 166 valence electrons. The third kappa shape index (κ3) is 3.69. The van der Waals surface area contributed by atoms with Crippen LogP contribution in [0.15, 0.2) is 47.0 Å². The van der Waals surface area contributed by atoms with E-state index in [0.29, 0.717) is 41.1 Å². The highest BCUT2D eigenvalue weighted by atomic mass is 32.1. The number of amides is 1. The van der Waals surface area contributed by atoms with Gasteiger partial charge in [-0.3, -0.25) is 14.2 Å². The van der Waals surface area contributed by atoms with Crippen molar-refractivity contribution in [2.24, 2.45) is 5.92 Å². The standard InChI is InChI=1S/C21H17N7O4S/c1-11-7-15(27-8-12(9-27)19(30)24-14-3-2-4-23-26-14)25-18-16(11)17(29)13(20(31)32)10-28(18)21-22-5-6-33-21/h2-7,10,12H,8-9H2,1H3,(H,31,32)(H,24,26,30). The quantitative estimate of drug-likeness (QED) is 0.452. The minimum atomic E-state index is -1.31. The van der Waals surface area contributed by atoms with Gasteiger partial charge in [0.1, 0.15) is 11.4 Å². The summed E-state index contributed by atoms with van der Waals surface area (Å²) in [5.74, 6) is -0.732. The molecule has 0 spiro atoms. The van der Waals surface area contributed by atoms with Gasteiger partial charge >= 0.3 is 5.97 Å². The summed E-state index contributed by atoms with van der Waals surface area (Å²) in [6.45, 7) is 2.63. The van der Waals surface area contributed by atoms with E-state index in [4.69, 9.17) is 0 Å². The zero-order chi connectivity index (χ0) is 23.1. The summed E-state index contributed by atoms with van der Waals surface area (Å²) >= 11 is 1.30. The van der Waals surface area contributed by atoms with Gasteiger partial charge in [-0.25, -0.2) is 14.8 Å². The first-order valence-electron chi connectivity index (χ1n) is 9.96. The molecule has 1 saturated heterocycles. The number of pyridine rings is 2. The van der Waals surface area contributed by atoms with E-state index in [1.807, 2.05) is 4.90 Å². The largest absolute Gasteiger partial charge is 0.477 e. The van der Waals surface area contributed by atoms with Crippen LogP contribution >= 0.6 is 11.3 Å². The van der Waals surface area contributed by atoms with Crippen molar-refractivity contribution in [2.75, 3.05) is 23.3 Å². The molecule has 1 fully saturated rings. The lowest BCUT2D eigenvalue weighted by Gasteiger charge is -2.39. The minimum Gasteiger partial charge on any atom is -0.477 e. The lowest BCUT2D eigenvalue weighted by molar-refractivity contribution is -0.120. The summed E-state index contributed by atoms with van der Waals surface area (Å²) in [6.07, 6.45) is 4.38. The van der Waals surface area contributed by atoms with Crippen LogP contribution < -0.4 is 15.6 Å². The molecule has 1 aliphatic heterocycles. The van der Waals surface area contributed by atoms with Crippen LogP contribution in [0.2, 0.25) is 0 Å². The van der Waals surface area contributed by atoms with E-state index in [9.17, 15) is 19.5 Å². The third-order valence-corrected chi connectivity index (χ3v) is 6.17. The molecule has 5 rings (SSSR count). The number of fused-ring (bicyclic) bond motifs is 1. The van der Waals surface area contributed by atoms with Crippen LogP contribution in [0.1, 0.15) is 15.9 Å². The third-order valence-electron chi connectivity index (χ3n) is 5.40. The van der Waals surface area contributed by atoms with E-state index in [-0.39, 0.29) is 22.8 Å². The predicted molar refractivity (Wildman–Crippen MR) is 121 cm³/mol. The van der Waals surface area contributed by atoms with Gasteiger partial charge in [0.15, 0.2) is 16.6 Å². The zero-order valence-electron chi connectivity index (χ0n) is 17.3. The van der Waals surface area contributed by atoms with E-state index < -0.39 is 11.4 Å². The van der Waals surface area contributed by atoms with Crippen molar-refractivity contribution in [3.05, 3.63) is 63.5 Å². The number of aryl methyl sites for hydroxylation is 1. The second-order valence-electron chi connectivity index (χ2n) is 7.56. The molecule has 0 radical (unpaired) electrons. The second-order valence-corrected chi connectivity index (χ2v) is 8.43. The first-order valence-corrected chi connectivity index (χ1v) is 10.8. The normalized spacial score (nSPS) is 13.7. The maximum absolute atomic E-state index is 12.9. The van der Waals surface area contributed by atoms with Crippen molar-refractivity contribution >= 4 is 45.9 Å². The first-order chi connectivity index (χ1) is 15.9. The minimum absolute atomic E-state index is 0.157. The Hall–Kier alpha value is -4.19. The highest BCUT2D eigenvalue weighted by Crippen LogP contribution is 2.28. The van der Waals surface area contributed by atoms with Crippen LogP contribution in [-0.4, -0.2) is 54.8 Å². The maximum Gasteiger partial charge on any atom is 0.341 e. The molecule has 4 aromatic rings. The average molecular weight is 463 g/mol. The zero-order valence-corrected chi connectivity index (χ0v) is 18.1. The van der Waals surface area contributed by atoms with E-state index in [1.54, 1.807) is 36.7 Å². The summed E-state index contributed by atoms with van der Waals surface area (Å²) < 4.78 is 1.53. The van der Waals surface area contributed by atoms with Crippen LogP contribution in [0.5, 0.6) is 0 Å². The van der Waals surface area contributed by atoms with Gasteiger partial charge in [-0.15, -0.1) is 16.4 Å². The van der Waals surface area contributed by atoms with E-state index in [0.717, 1.165) is 0 Å². The number of carboxylic acids is 1. The van der Waals surface area contributed by atoms with Crippen molar-refractivity contribution in [3.8, 4) is 5.13 Å². The number of carbonyl (C=O) groups is 2. The Morgan fingerprint density at radius 3 is 2.76 bits per heavy atom. The number of carboxylic acid groups (broad SMARTS) is 1. The summed E-state index contributed by atoms with van der Waals surface area (Å²) in [6, 6.07) is 5.09. The number of hydrogen-bond acceptors (Lipinski definition) is 9. The van der Waals surface area contributed by atoms with Crippen molar-refractivity contribution in [1.29, 1.82) is 0 Å². The van der Waals surface area contributed by atoms with Crippen LogP contribution in [0.25, 0.3) is 16.2 Å². The van der Waals surface area contributed by atoms with Gasteiger partial charge in [0, 0.05) is 37.1 Å². The van der Waals surface area contributed by atoms with Gasteiger partial charge in [0.2, 0.25) is 11.3 Å². The molecule has 0 unspecified atom stereocenters. The number of aromatic carboxylic acids is 1. The fourth-order valence-electron chi connectivity index (χ4n) is 3.70. The monoisotopic (exact) mass is 463 g/mol. The number of carbonyl (C=O) groups excluding carboxylic acids is 1. The Bertz CT molecular complexity index is 1430. The Kier molecular flexibility index (Phi) is 5.05. The molecular formula is C21H17N7O4S. The topological polar surface area (TPSA) is 143 Å². The number of aromatic nitrogens is 5. The fraction of sp³-hybridized carbons (Fsp3) is 0.190. The lowest BCUT2D eigenvalue weighted by atomic mass is 9.98. The van der Waals surface area contributed by atoms with Crippen LogP contribution in [0.3, 0.4) is 0 Å². The molecule has 0 aliphatic carbocycles. The molecule has 0 aromatic carbocycles. The Morgan fingerprint density at radius 2 is 2.09 bits per heavy atom. The molecule has 1 aliphatic rings. The SMILES string of the molecule is Cc1cc(N2CC(C(=O)Nc3cccnn3)C2)nc2c1c(=O)c(C(=O)O)cn2-c1nccs1. The number of thiazole rings is 1. The molecular weight excluding hydrogens is 446 g/mol. The fourth-order valence-corrected chi connectivity index (χ4v) is 4.32. The number of nitrogens with zero attached hydrogens (tertiary/aromatic N) is 6. The molecule has 11 nitrogen and oxygen atoms in total. The van der Waals surface area contributed by atoms with Crippen LogP contribution in [-0.2, 0) is 4.79 Å². The second kappa shape index (κ2) is 8.06. The molecule has 0 bridgehead atoms. The summed E-state index contributed by atoms with van der Waals surface area (Å²) in [5.41, 5.74) is -0.0185. The number of rotatable bonds is 5. The van der Waals surface area contributed by atoms with Crippen molar-refractivity contribution in [2.45, 2.75) is 6.92 Å². The van der Waals surface area contributed by atoms with Gasteiger partial charge in [-0.05, 0) is 30.7 Å². The van der Waals surface area contributed by atoms with E-state index in [1.165, 1.54) is 28.3 Å². The van der Waals surface area contributed by atoms with Gasteiger partial charge in [-0.2, -0.15) is 5.10 Å². The van der Waals surface area contributed by atoms with E-state index in [2.05, 4.69) is 25.5 Å². The summed E-state index contributed by atoms with van der Waals surface area (Å²) in [7, 11) is 0. The number of anilines is 2. The lowest BCUT2D eigenvalue weighted by Crippen LogP contribution is -2.52. The maximum atomic E-state index is 12.9. The van der Waals surface area contributed by atoms with Gasteiger partial charge in [-0.1, -0.05) is 0 Å². The molecule has 12 heteroatoms. The highest BCUT2D eigenvalue weighted by Gasteiger charge is 2.34. The number of nitrogens with one attached hydrogen (secondary N) is 1. The molecule has 1 amide bonds. The summed E-state index contributed by atoms with van der Waals surface area (Å²) in [5, 5.41) is 22.3. The smallest absolute Gasteiger partial charge is 0.341 e. The van der Waals surface area contributed by atoms with Crippen molar-refractivity contribution < 1.29 is 14.7 Å². The molecule has 2 N–H and O–H groups in total. The Labute approximate surface area is 190 Å². The molecule has 0 saturated carbocycles. The Balaban J connectivity index is 1.48. The van der Waals surface area contributed by atoms with Crippen LogP contribution in [0.4, 0.5) is 11.6 Å². The van der Waals surface area contributed by atoms with Gasteiger partial charge < -0.3 is 15.3 Å². The average Bonchev–Trinajstić information content (AvgIpc) is 3.28. The Morgan fingerprint density at radius 1 is 1.27 bits per heavy atom. The summed E-state index contributed by atoms with van der Waals surface area (Å²) in [4.78, 5) is 47.8. The predicted octanol–water partition coefficient (Wildman–Crippen LogP) is 1.71. The van der Waals surface area contributed by atoms with Gasteiger partial charge in [0.25, 0.3) is 0 Å². The van der Waals surface area contributed by atoms with Crippen molar-refractivity contribution in [1.82, 2.24) is 24.7 Å². The van der Waals surface area contributed by atoms with Crippen LogP contribution in [0, 0.1) is 12.8 Å². The highest BCUT2D eigenvalue weighted by molar-refractivity contribution is 7.12. The molecule has 4 aromatic heterocycles. The molecule has 5 heterocycles. The van der Waals surface area contributed by atoms with E-state index >= 15 is 0 Å². The van der Waals surface area contributed by atoms with Crippen molar-refractivity contribution in [3.63, 3.8) is 0 Å². The number of hydrogen-bond donors (Lipinski definition) is 2. The molecule has 33 heavy (non-hydrogen) atoms. The molecule has 0 atom stereocenters. The van der Waals surface area contributed by atoms with Gasteiger partial charge in [0.05, 0.1) is 11.3 Å².